The van der Waals surface area contributed by atoms with Crippen LogP contribution in [0.1, 0.15) is 25.5 Å². The van der Waals surface area contributed by atoms with Crippen LogP contribution in [0.25, 0.3) is 0 Å². The summed E-state index contributed by atoms with van der Waals surface area (Å²) < 4.78 is 5.36. The molecule has 106 valence electrons. The van der Waals surface area contributed by atoms with Gasteiger partial charge < -0.3 is 10.1 Å². The first-order valence-corrected chi connectivity index (χ1v) is 6.61. The van der Waals surface area contributed by atoms with Gasteiger partial charge in [0.05, 0.1) is 18.2 Å². The first kappa shape index (κ1) is 14.4. The summed E-state index contributed by atoms with van der Waals surface area (Å²) in [6.45, 7) is 3.59. The highest BCUT2D eigenvalue weighted by Crippen LogP contribution is 2.28. The van der Waals surface area contributed by atoms with Gasteiger partial charge in [0, 0.05) is 5.02 Å². The highest BCUT2D eigenvalue weighted by atomic mass is 35.5. The Balaban J connectivity index is 2.47. The molecule has 2 amide bonds. The van der Waals surface area contributed by atoms with Crippen molar-refractivity contribution in [3.8, 4) is 0 Å². The summed E-state index contributed by atoms with van der Waals surface area (Å²) in [7, 11) is 0. The first-order valence-electron chi connectivity index (χ1n) is 6.23. The number of rotatable bonds is 4. The van der Waals surface area contributed by atoms with E-state index in [-0.39, 0.29) is 11.7 Å². The number of nitrogens with one attached hydrogen (secondary N) is 2. The molecule has 2 N–H and O–H groups in total. The molecule has 0 aromatic heterocycles. The number of Topliss-reactive ketones (excluding diaryl/α,β-unsaturated/α-hetero) is 1. The Kier molecular flexibility index (Phi) is 4.29. The lowest BCUT2D eigenvalue weighted by atomic mass is 9.95. The van der Waals surface area contributed by atoms with Crippen LogP contribution in [0.4, 0.5) is 4.79 Å². The van der Waals surface area contributed by atoms with Crippen LogP contribution >= 0.6 is 11.6 Å². The third-order valence-corrected chi connectivity index (χ3v) is 3.16. The van der Waals surface area contributed by atoms with Gasteiger partial charge in [-0.3, -0.25) is 10.1 Å². The van der Waals surface area contributed by atoms with E-state index in [1.54, 1.807) is 31.2 Å². The molecule has 0 bridgehead atoms. The van der Waals surface area contributed by atoms with E-state index in [1.807, 2.05) is 0 Å². The van der Waals surface area contributed by atoms with E-state index in [0.29, 0.717) is 17.2 Å². The lowest BCUT2D eigenvalue weighted by Gasteiger charge is -2.28. The highest BCUT2D eigenvalue weighted by molar-refractivity contribution is 6.30. The van der Waals surface area contributed by atoms with Crippen LogP contribution in [0.5, 0.6) is 0 Å². The summed E-state index contributed by atoms with van der Waals surface area (Å²) in [6.07, 6.45) is 0. The van der Waals surface area contributed by atoms with E-state index >= 15 is 0 Å². The fourth-order valence-corrected chi connectivity index (χ4v) is 2.19. The Bertz CT molecular complexity index is 566. The Labute approximate surface area is 121 Å². The quantitative estimate of drug-likeness (QED) is 0.896. The van der Waals surface area contributed by atoms with E-state index in [9.17, 15) is 9.59 Å². The number of amides is 2. The highest BCUT2D eigenvalue weighted by Gasteiger charge is 2.31. The van der Waals surface area contributed by atoms with Gasteiger partial charge in [-0.05, 0) is 31.5 Å². The van der Waals surface area contributed by atoms with Crippen molar-refractivity contribution in [3.63, 3.8) is 0 Å². The SMILES string of the molecule is CCOC1=C(C(C)=O)C(c2ccc(Cl)cc2)NC(=O)N1. The molecule has 1 atom stereocenters. The van der Waals surface area contributed by atoms with Crippen LogP contribution in [-0.2, 0) is 9.53 Å². The van der Waals surface area contributed by atoms with Gasteiger partial charge in [-0.25, -0.2) is 4.79 Å². The molecule has 0 spiro atoms. The van der Waals surface area contributed by atoms with Crippen molar-refractivity contribution in [2.75, 3.05) is 6.61 Å². The molecule has 5 nitrogen and oxygen atoms in total. The molecule has 0 saturated carbocycles. The predicted molar refractivity (Wildman–Crippen MR) is 75.2 cm³/mol. The van der Waals surface area contributed by atoms with Crippen molar-refractivity contribution in [3.05, 3.63) is 46.3 Å². The van der Waals surface area contributed by atoms with Crippen molar-refractivity contribution >= 4 is 23.4 Å². The summed E-state index contributed by atoms with van der Waals surface area (Å²) in [6, 6.07) is 6.02. The van der Waals surface area contributed by atoms with Crippen molar-refractivity contribution < 1.29 is 14.3 Å². The van der Waals surface area contributed by atoms with Gasteiger partial charge in [0.15, 0.2) is 5.78 Å². The maximum absolute atomic E-state index is 11.9. The normalized spacial score (nSPS) is 18.4. The smallest absolute Gasteiger partial charge is 0.322 e. The van der Waals surface area contributed by atoms with Crippen molar-refractivity contribution in [1.29, 1.82) is 0 Å². The molecule has 1 aliphatic rings. The molecular formula is C14H15ClN2O3. The van der Waals surface area contributed by atoms with Gasteiger partial charge in [-0.1, -0.05) is 23.7 Å². The second-order valence-electron chi connectivity index (χ2n) is 4.32. The molecule has 1 aromatic carbocycles. The van der Waals surface area contributed by atoms with Crippen LogP contribution in [0.15, 0.2) is 35.7 Å². The average molecular weight is 295 g/mol. The molecule has 0 saturated heterocycles. The molecular weight excluding hydrogens is 280 g/mol. The minimum Gasteiger partial charge on any atom is -0.479 e. The zero-order valence-corrected chi connectivity index (χ0v) is 12.0. The molecule has 20 heavy (non-hydrogen) atoms. The van der Waals surface area contributed by atoms with Gasteiger partial charge in [0.25, 0.3) is 0 Å². The summed E-state index contributed by atoms with van der Waals surface area (Å²) in [5, 5.41) is 5.83. The third-order valence-electron chi connectivity index (χ3n) is 2.91. The molecule has 0 fully saturated rings. The monoisotopic (exact) mass is 294 g/mol. The Morgan fingerprint density at radius 1 is 1.35 bits per heavy atom. The second kappa shape index (κ2) is 5.96. The summed E-state index contributed by atoms with van der Waals surface area (Å²) >= 11 is 5.85. The summed E-state index contributed by atoms with van der Waals surface area (Å²) in [4.78, 5) is 23.6. The van der Waals surface area contributed by atoms with Gasteiger partial charge in [0.1, 0.15) is 0 Å². The number of benzene rings is 1. The maximum atomic E-state index is 11.9. The zero-order valence-electron chi connectivity index (χ0n) is 11.2. The number of ether oxygens (including phenoxy) is 1. The van der Waals surface area contributed by atoms with Crippen LogP contribution in [0.3, 0.4) is 0 Å². The number of carbonyl (C=O) groups is 2. The summed E-state index contributed by atoms with van der Waals surface area (Å²) in [5.74, 6) is 0.0459. The van der Waals surface area contributed by atoms with E-state index in [2.05, 4.69) is 10.6 Å². The first-order chi connectivity index (χ1) is 9.52. The molecule has 2 rings (SSSR count). The van der Waals surface area contributed by atoms with Gasteiger partial charge in [-0.15, -0.1) is 0 Å². The molecule has 1 heterocycles. The Morgan fingerprint density at radius 3 is 2.55 bits per heavy atom. The molecule has 0 radical (unpaired) electrons. The molecule has 0 aliphatic carbocycles. The zero-order chi connectivity index (χ0) is 14.7. The van der Waals surface area contributed by atoms with Crippen LogP contribution in [0, 0.1) is 0 Å². The largest absolute Gasteiger partial charge is 0.479 e. The minimum atomic E-state index is -0.542. The number of hydrogen-bond acceptors (Lipinski definition) is 3. The fourth-order valence-electron chi connectivity index (χ4n) is 2.07. The second-order valence-corrected chi connectivity index (χ2v) is 4.75. The summed E-state index contributed by atoms with van der Waals surface area (Å²) in [5.41, 5.74) is 1.17. The third kappa shape index (κ3) is 2.93. The maximum Gasteiger partial charge on any atom is 0.322 e. The average Bonchev–Trinajstić information content (AvgIpc) is 2.38. The van der Waals surface area contributed by atoms with Crippen LogP contribution in [-0.4, -0.2) is 18.4 Å². The van der Waals surface area contributed by atoms with Gasteiger partial charge in [0.2, 0.25) is 5.88 Å². The lowest BCUT2D eigenvalue weighted by Crippen LogP contribution is -2.46. The Morgan fingerprint density at radius 2 is 2.00 bits per heavy atom. The van der Waals surface area contributed by atoms with Crippen molar-refractivity contribution in [2.24, 2.45) is 0 Å². The molecule has 6 heteroatoms. The van der Waals surface area contributed by atoms with Crippen LogP contribution < -0.4 is 10.6 Å². The van der Waals surface area contributed by atoms with Crippen molar-refractivity contribution in [2.45, 2.75) is 19.9 Å². The topological polar surface area (TPSA) is 67.4 Å². The predicted octanol–water partition coefficient (Wildman–Crippen LogP) is 2.53. The molecule has 1 aromatic rings. The van der Waals surface area contributed by atoms with E-state index in [1.165, 1.54) is 6.92 Å². The standard InChI is InChI=1S/C14H15ClN2O3/c1-3-20-13-11(8(2)18)12(16-14(19)17-13)9-4-6-10(15)7-5-9/h4-7,12H,3H2,1-2H3,(H2,16,17,19). The number of halogens is 1. The molecule has 1 aliphatic heterocycles. The van der Waals surface area contributed by atoms with Crippen LogP contribution in [0.2, 0.25) is 5.02 Å². The van der Waals surface area contributed by atoms with Gasteiger partial charge in [-0.2, -0.15) is 0 Å². The van der Waals surface area contributed by atoms with Crippen molar-refractivity contribution in [1.82, 2.24) is 10.6 Å². The number of ketones is 1. The lowest BCUT2D eigenvalue weighted by molar-refractivity contribution is -0.114. The fraction of sp³-hybridized carbons (Fsp3) is 0.286. The van der Waals surface area contributed by atoms with Gasteiger partial charge >= 0.3 is 6.03 Å². The van der Waals surface area contributed by atoms with E-state index in [4.69, 9.17) is 16.3 Å². The number of carbonyl (C=O) groups excluding carboxylic acids is 2. The minimum absolute atomic E-state index is 0.166. The molecule has 1 unspecified atom stereocenters. The number of urea groups is 1. The van der Waals surface area contributed by atoms with E-state index < -0.39 is 12.1 Å². The van der Waals surface area contributed by atoms with E-state index in [0.717, 1.165) is 5.56 Å². The number of hydrogen-bond donors (Lipinski definition) is 2. The Hall–Kier alpha value is -2.01.